The van der Waals surface area contributed by atoms with Gasteiger partial charge in [-0.3, -0.25) is 0 Å². The number of benzene rings is 2. The fourth-order valence-electron chi connectivity index (χ4n) is 11.3. The number of hydrogen-bond donors (Lipinski definition) is 0. The summed E-state index contributed by atoms with van der Waals surface area (Å²) in [6.07, 6.45) is 26.4. The molecular weight excluding hydrogens is 598 g/mol. The molecule has 260 valence electrons. The summed E-state index contributed by atoms with van der Waals surface area (Å²) in [6, 6.07) is 19.6. The predicted octanol–water partition coefficient (Wildman–Crippen LogP) is 11.2. The Hall–Kier alpha value is -1.43. The predicted molar refractivity (Wildman–Crippen MR) is 215 cm³/mol. The van der Waals surface area contributed by atoms with Gasteiger partial charge < -0.3 is 0 Å². The van der Waals surface area contributed by atoms with E-state index < -0.39 is 14.5 Å². The number of carbonyl (C=O) groups excluding carboxylic acids is 1. The van der Waals surface area contributed by atoms with Gasteiger partial charge in [0, 0.05) is 2.85 Å². The Morgan fingerprint density at radius 3 is 0.913 bits per heavy atom. The molecule has 3 nitrogen and oxygen atoms in total. The van der Waals surface area contributed by atoms with E-state index in [0.29, 0.717) is 22.6 Å². The zero-order valence-electron chi connectivity index (χ0n) is 29.9. The van der Waals surface area contributed by atoms with Crippen LogP contribution in [0.25, 0.3) is 0 Å². The Bertz CT molecular complexity index is 1130. The SMILES string of the molecule is CN(C)c1ccc([PH](C(=O)[PH](c2ccc(N(C)C)cc2)(C2CCCCC2)C2CCCCC2)(C2CCCCC2)C2CCCCC2)cc1.[HH].[HH]. The third kappa shape index (κ3) is 6.48. The molecule has 5 heteroatoms. The van der Waals surface area contributed by atoms with Crippen LogP contribution in [0.4, 0.5) is 16.2 Å². The molecule has 6 rings (SSSR count). The van der Waals surface area contributed by atoms with Crippen LogP contribution < -0.4 is 20.4 Å². The second-order valence-corrected chi connectivity index (χ2v) is 25.6. The maximum Gasteiger partial charge on any atom is 0 e. The molecule has 0 aromatic heterocycles. The Kier molecular flexibility index (Phi) is 11.5. The van der Waals surface area contributed by atoms with Crippen LogP contribution in [-0.2, 0) is 0 Å². The summed E-state index contributed by atoms with van der Waals surface area (Å²) < 4.78 is 0. The first-order chi connectivity index (χ1) is 22.4. The van der Waals surface area contributed by atoms with Crippen molar-refractivity contribution in [3.05, 3.63) is 48.5 Å². The van der Waals surface area contributed by atoms with Gasteiger partial charge in [0.05, 0.1) is 0 Å². The quantitative estimate of drug-likeness (QED) is 0.235. The minimum absolute atomic E-state index is 0. The molecule has 4 aliphatic carbocycles. The van der Waals surface area contributed by atoms with E-state index in [9.17, 15) is 0 Å². The van der Waals surface area contributed by atoms with Crippen molar-refractivity contribution in [2.45, 2.75) is 151 Å². The van der Waals surface area contributed by atoms with E-state index >= 15 is 4.79 Å². The van der Waals surface area contributed by atoms with E-state index in [1.165, 1.54) is 150 Å². The van der Waals surface area contributed by atoms with Gasteiger partial charge in [0.1, 0.15) is 0 Å². The Morgan fingerprint density at radius 2 is 0.696 bits per heavy atom. The van der Waals surface area contributed by atoms with Gasteiger partial charge >= 0.3 is 284 Å². The maximum atomic E-state index is 17.2. The molecular formula is C41H70N2OP2. The monoisotopic (exact) mass is 668 g/mol. The molecule has 0 atom stereocenters. The summed E-state index contributed by atoms with van der Waals surface area (Å²) in [7, 11) is 3.33. The van der Waals surface area contributed by atoms with Crippen LogP contribution in [0.1, 0.15) is 131 Å². The molecule has 0 unspecified atom stereocenters. The standard InChI is InChI=1S/C41H66N2OP2.2H2/c1-42(2)33-25-29-39(30-26-33)45(35-17-9-5-10-18-35,36-19-11-6-12-20-36)41(44)46(37-21-13-7-14-22-37,38-23-15-8-16-24-38)40-31-27-34(28-32-40)43(3)4;;/h25-32,35-38,45-46H,5-24H2,1-4H3;2*1H. The van der Waals surface area contributed by atoms with Crippen molar-refractivity contribution in [2.24, 2.45) is 0 Å². The summed E-state index contributed by atoms with van der Waals surface area (Å²) in [5.41, 5.74) is 5.00. The van der Waals surface area contributed by atoms with Crippen molar-refractivity contribution in [2.75, 3.05) is 38.0 Å². The molecule has 4 fully saturated rings. The molecule has 2 aromatic carbocycles. The average Bonchev–Trinajstić information content (AvgIpc) is 3.11. The van der Waals surface area contributed by atoms with E-state index in [0.717, 1.165) is 5.27 Å². The minimum Gasteiger partial charge on any atom is 0 e. The molecule has 0 spiro atoms. The summed E-state index contributed by atoms with van der Waals surface area (Å²) in [4.78, 5) is 21.7. The first-order valence-electron chi connectivity index (χ1n) is 19.5. The average molecular weight is 669 g/mol. The van der Waals surface area contributed by atoms with Crippen LogP contribution in [0.15, 0.2) is 48.5 Å². The van der Waals surface area contributed by atoms with Crippen molar-refractivity contribution in [1.29, 1.82) is 0 Å². The van der Waals surface area contributed by atoms with Gasteiger partial charge in [-0.15, -0.1) is 0 Å². The summed E-state index contributed by atoms with van der Waals surface area (Å²) in [5, 5.41) is 4.03. The largest absolute Gasteiger partial charge is 0 e. The van der Waals surface area contributed by atoms with Crippen LogP contribution >= 0.6 is 14.5 Å². The van der Waals surface area contributed by atoms with Crippen LogP contribution in [-0.4, -0.2) is 56.1 Å². The van der Waals surface area contributed by atoms with Gasteiger partial charge in [0.15, 0.2) is 0 Å². The maximum absolute atomic E-state index is 17.2. The Balaban J connectivity index is 0.00000260. The fourth-order valence-corrected chi connectivity index (χ4v) is 29.3. The number of nitrogens with zero attached hydrogens (tertiary/aromatic N) is 2. The topological polar surface area (TPSA) is 23.6 Å². The molecule has 2 aromatic rings. The van der Waals surface area contributed by atoms with E-state index in [1.807, 2.05) is 0 Å². The minimum atomic E-state index is -2.66. The van der Waals surface area contributed by atoms with Crippen molar-refractivity contribution in [3.8, 4) is 0 Å². The number of anilines is 2. The van der Waals surface area contributed by atoms with Crippen molar-refractivity contribution < 1.29 is 7.65 Å². The summed E-state index contributed by atoms with van der Waals surface area (Å²) >= 11 is 0. The second kappa shape index (κ2) is 15.4. The van der Waals surface area contributed by atoms with Gasteiger partial charge in [-0.1, -0.05) is 0 Å². The summed E-state index contributed by atoms with van der Waals surface area (Å²) in [6.45, 7) is 0. The third-order valence-electron chi connectivity index (χ3n) is 13.5. The molecule has 0 radical (unpaired) electrons. The van der Waals surface area contributed by atoms with Crippen LogP contribution in [0, 0.1) is 0 Å². The van der Waals surface area contributed by atoms with E-state index in [-0.39, 0.29) is 2.85 Å². The third-order valence-corrected chi connectivity index (χ3v) is 27.5. The Morgan fingerprint density at radius 1 is 0.457 bits per heavy atom. The van der Waals surface area contributed by atoms with Crippen LogP contribution in [0.2, 0.25) is 0 Å². The van der Waals surface area contributed by atoms with Gasteiger partial charge in [-0.25, -0.2) is 0 Å². The molecule has 0 bridgehead atoms. The Labute approximate surface area is 286 Å². The van der Waals surface area contributed by atoms with Gasteiger partial charge in [0.2, 0.25) is 0 Å². The number of rotatable bonds is 10. The first kappa shape index (κ1) is 34.4. The van der Waals surface area contributed by atoms with Crippen LogP contribution in [0.5, 0.6) is 0 Å². The summed E-state index contributed by atoms with van der Waals surface area (Å²) in [5.74, 6) is 0. The molecule has 0 N–H and O–H groups in total. The van der Waals surface area contributed by atoms with Crippen molar-refractivity contribution in [1.82, 2.24) is 0 Å². The van der Waals surface area contributed by atoms with Crippen molar-refractivity contribution in [3.63, 3.8) is 0 Å². The van der Waals surface area contributed by atoms with E-state index in [2.05, 4.69) is 86.5 Å². The number of carbonyl (C=O) groups is 1. The molecule has 0 saturated heterocycles. The molecule has 46 heavy (non-hydrogen) atoms. The zero-order chi connectivity index (χ0) is 32.1. The zero-order valence-corrected chi connectivity index (χ0v) is 31.9. The molecule has 0 heterocycles. The van der Waals surface area contributed by atoms with Crippen LogP contribution in [0.3, 0.4) is 0 Å². The fraction of sp³-hybridized carbons (Fsp3) is 0.683. The van der Waals surface area contributed by atoms with Gasteiger partial charge in [-0.05, 0) is 0 Å². The number of hydrogen-bond acceptors (Lipinski definition) is 3. The van der Waals surface area contributed by atoms with Gasteiger partial charge in [-0.2, -0.15) is 0 Å². The first-order valence-corrected chi connectivity index (χ1v) is 23.8. The molecule has 4 saturated carbocycles. The smallest absolute Gasteiger partial charge is 0 e. The molecule has 4 aliphatic rings. The van der Waals surface area contributed by atoms with E-state index in [4.69, 9.17) is 0 Å². The second-order valence-electron chi connectivity index (χ2n) is 16.3. The van der Waals surface area contributed by atoms with E-state index in [1.54, 1.807) is 0 Å². The molecule has 0 aliphatic heterocycles. The van der Waals surface area contributed by atoms with Crippen molar-refractivity contribution >= 4 is 41.8 Å². The normalized spacial score (nSPS) is 22.3. The molecule has 0 amide bonds. The van der Waals surface area contributed by atoms with Gasteiger partial charge in [0.25, 0.3) is 0 Å².